The van der Waals surface area contributed by atoms with E-state index in [2.05, 4.69) is 42.6 Å². The van der Waals surface area contributed by atoms with E-state index < -0.39 is 0 Å². The minimum atomic E-state index is -0.147. The molecule has 1 atom stereocenters. The number of nitrogens with two attached hydrogens (primary N) is 1. The van der Waals surface area contributed by atoms with Gasteiger partial charge in [-0.1, -0.05) is 43.2 Å². The molecule has 34 heavy (non-hydrogen) atoms. The lowest BCUT2D eigenvalue weighted by Gasteiger charge is -2.19. The molecule has 0 saturated heterocycles. The van der Waals surface area contributed by atoms with Crippen LogP contribution in [0.4, 0.5) is 0 Å². The highest BCUT2D eigenvalue weighted by atomic mass is 35.5. The second kappa shape index (κ2) is 13.1. The summed E-state index contributed by atoms with van der Waals surface area (Å²) in [6.45, 7) is 6.45. The van der Waals surface area contributed by atoms with E-state index in [4.69, 9.17) is 45.6 Å². The number of benzene rings is 1. The minimum absolute atomic E-state index is 0.147. The van der Waals surface area contributed by atoms with Gasteiger partial charge in [-0.25, -0.2) is 4.98 Å². The smallest absolute Gasteiger partial charge is 0.142 e. The normalized spacial score (nSPS) is 20.4. The molecule has 0 amide bonds. The quantitative estimate of drug-likeness (QED) is 0.0920. The van der Waals surface area contributed by atoms with Gasteiger partial charge in [-0.3, -0.25) is 4.57 Å². The second-order valence-corrected chi connectivity index (χ2v) is 10.7. The fourth-order valence-corrected chi connectivity index (χ4v) is 6.09. The molecule has 184 valence electrons. The maximum Gasteiger partial charge on any atom is 0.142 e. The second-order valence-electron chi connectivity index (χ2n) is 8.45. The Bertz CT molecular complexity index is 1050. The SMILES string of the molecule is CCC(CC)/C(=N/N)SCc1nc(/C2=C/C/C=C(/CCl)CCC2Cl)n(-c2ccc(Cl)cc2)c1C. The first kappa shape index (κ1) is 27.2. The van der Waals surface area contributed by atoms with Crippen LogP contribution in [-0.2, 0) is 5.75 Å². The third-order valence-electron chi connectivity index (χ3n) is 6.34. The van der Waals surface area contributed by atoms with Crippen molar-refractivity contribution < 1.29 is 0 Å². The number of hydrogen-bond acceptors (Lipinski definition) is 4. The number of hydrogen-bond donors (Lipinski definition) is 1. The maximum atomic E-state index is 6.94. The van der Waals surface area contributed by atoms with Crippen LogP contribution >= 0.6 is 46.6 Å². The van der Waals surface area contributed by atoms with Crippen LogP contribution in [0.2, 0.25) is 5.02 Å². The van der Waals surface area contributed by atoms with Gasteiger partial charge in [-0.05, 0) is 63.3 Å². The zero-order valence-electron chi connectivity index (χ0n) is 20.0. The predicted octanol–water partition coefficient (Wildman–Crippen LogP) is 8.12. The van der Waals surface area contributed by atoms with Crippen molar-refractivity contribution in [1.29, 1.82) is 0 Å². The summed E-state index contributed by atoms with van der Waals surface area (Å²) in [5, 5.41) is 5.62. The highest BCUT2D eigenvalue weighted by molar-refractivity contribution is 8.13. The van der Waals surface area contributed by atoms with Gasteiger partial charge in [-0.2, -0.15) is 5.10 Å². The van der Waals surface area contributed by atoms with Gasteiger partial charge in [0.2, 0.25) is 0 Å². The van der Waals surface area contributed by atoms with Crippen LogP contribution in [0.3, 0.4) is 0 Å². The largest absolute Gasteiger partial charge is 0.323 e. The van der Waals surface area contributed by atoms with Crippen molar-refractivity contribution in [2.75, 3.05) is 5.88 Å². The Balaban J connectivity index is 2.04. The zero-order valence-corrected chi connectivity index (χ0v) is 23.1. The molecule has 8 heteroatoms. The van der Waals surface area contributed by atoms with Crippen molar-refractivity contribution >= 4 is 57.2 Å². The lowest BCUT2D eigenvalue weighted by atomic mass is 9.98. The topological polar surface area (TPSA) is 56.2 Å². The molecule has 1 aromatic heterocycles. The van der Waals surface area contributed by atoms with Gasteiger partial charge >= 0.3 is 0 Å². The zero-order chi connectivity index (χ0) is 24.7. The third-order valence-corrected chi connectivity index (χ3v) is 8.54. The molecular formula is C26H33Cl3N4S. The molecule has 1 unspecified atom stereocenters. The number of allylic oxidation sites excluding steroid dienone is 4. The summed E-state index contributed by atoms with van der Waals surface area (Å²) >= 11 is 20.9. The Morgan fingerprint density at radius 3 is 2.56 bits per heavy atom. The van der Waals surface area contributed by atoms with E-state index in [-0.39, 0.29) is 5.38 Å². The van der Waals surface area contributed by atoms with Crippen molar-refractivity contribution in [2.24, 2.45) is 16.9 Å². The van der Waals surface area contributed by atoms with E-state index in [0.717, 1.165) is 65.6 Å². The Morgan fingerprint density at radius 1 is 1.24 bits per heavy atom. The molecule has 1 aliphatic carbocycles. The lowest BCUT2D eigenvalue weighted by molar-refractivity contribution is 0.649. The summed E-state index contributed by atoms with van der Waals surface area (Å²) in [6.07, 6.45) is 8.92. The standard InChI is InChI=1S/C26H33Cl3N4S/c1-4-19(5-2)26(32-30)34-16-24-17(3)33(21-12-10-20(28)11-13-21)25(31-24)22-8-6-7-18(15-27)9-14-23(22)29/h7-8,10-13,19,23H,4-6,9,14-16,30H2,1-3H3/b18-7+,22-8+,32-26-. The highest BCUT2D eigenvalue weighted by Crippen LogP contribution is 2.34. The van der Waals surface area contributed by atoms with Gasteiger partial charge in [0.1, 0.15) is 5.82 Å². The number of nitrogens with zero attached hydrogens (tertiary/aromatic N) is 3. The summed E-state index contributed by atoms with van der Waals surface area (Å²) in [5.41, 5.74) is 5.39. The molecule has 0 fully saturated rings. The first-order valence-electron chi connectivity index (χ1n) is 11.8. The molecule has 1 heterocycles. The number of imidazole rings is 1. The van der Waals surface area contributed by atoms with E-state index >= 15 is 0 Å². The Morgan fingerprint density at radius 2 is 1.94 bits per heavy atom. The molecule has 3 rings (SSSR count). The van der Waals surface area contributed by atoms with Crippen LogP contribution in [0.25, 0.3) is 11.3 Å². The summed E-state index contributed by atoms with van der Waals surface area (Å²) in [4.78, 5) is 5.13. The van der Waals surface area contributed by atoms with Crippen molar-refractivity contribution in [2.45, 2.75) is 64.0 Å². The van der Waals surface area contributed by atoms with Gasteiger partial charge in [0.15, 0.2) is 0 Å². The molecule has 4 nitrogen and oxygen atoms in total. The van der Waals surface area contributed by atoms with E-state index in [1.165, 1.54) is 5.57 Å². The van der Waals surface area contributed by atoms with Crippen molar-refractivity contribution in [1.82, 2.24) is 9.55 Å². The number of thioether (sulfide) groups is 1. The molecule has 1 aliphatic rings. The van der Waals surface area contributed by atoms with Crippen LogP contribution in [0.1, 0.15) is 63.2 Å². The van der Waals surface area contributed by atoms with Gasteiger partial charge in [0.05, 0.1) is 16.1 Å². The number of rotatable bonds is 8. The summed E-state index contributed by atoms with van der Waals surface area (Å²) in [6, 6.07) is 7.85. The van der Waals surface area contributed by atoms with Gasteiger partial charge in [0.25, 0.3) is 0 Å². The van der Waals surface area contributed by atoms with Gasteiger partial charge in [0, 0.05) is 39.5 Å². The first-order chi connectivity index (χ1) is 16.4. The Kier molecular flexibility index (Phi) is 10.4. The fourth-order valence-electron chi connectivity index (χ4n) is 4.23. The molecule has 0 saturated carbocycles. The van der Waals surface area contributed by atoms with E-state index in [1.807, 2.05) is 24.3 Å². The van der Waals surface area contributed by atoms with E-state index in [9.17, 15) is 0 Å². The molecule has 2 N–H and O–H groups in total. The Hall–Kier alpha value is -1.40. The number of halogens is 3. The van der Waals surface area contributed by atoms with Gasteiger partial charge < -0.3 is 5.84 Å². The fraction of sp³-hybridized carbons (Fsp3) is 0.462. The number of hydrazone groups is 1. The average molecular weight is 540 g/mol. The molecule has 1 aromatic carbocycles. The van der Waals surface area contributed by atoms with Crippen LogP contribution in [-0.4, -0.2) is 25.9 Å². The molecule has 0 radical (unpaired) electrons. The minimum Gasteiger partial charge on any atom is -0.323 e. The molecular weight excluding hydrogens is 507 g/mol. The summed E-state index contributed by atoms with van der Waals surface area (Å²) in [7, 11) is 0. The van der Waals surface area contributed by atoms with Crippen molar-refractivity contribution in [3.05, 3.63) is 64.2 Å². The van der Waals surface area contributed by atoms with Crippen molar-refractivity contribution in [3.63, 3.8) is 0 Å². The van der Waals surface area contributed by atoms with Crippen molar-refractivity contribution in [3.8, 4) is 5.69 Å². The summed E-state index contributed by atoms with van der Waals surface area (Å²) in [5.74, 6) is 8.24. The Labute approximate surface area is 222 Å². The van der Waals surface area contributed by atoms with Gasteiger partial charge in [-0.15, -0.1) is 35.0 Å². The molecule has 2 aromatic rings. The van der Waals surface area contributed by atoms with Crippen LogP contribution in [0, 0.1) is 12.8 Å². The van der Waals surface area contributed by atoms with E-state index in [0.29, 0.717) is 22.6 Å². The molecule has 0 aliphatic heterocycles. The maximum absolute atomic E-state index is 6.94. The number of alkyl halides is 2. The monoisotopic (exact) mass is 538 g/mol. The third kappa shape index (κ3) is 6.42. The highest BCUT2D eigenvalue weighted by Gasteiger charge is 2.24. The first-order valence-corrected chi connectivity index (χ1v) is 14.1. The predicted molar refractivity (Wildman–Crippen MR) is 151 cm³/mol. The summed E-state index contributed by atoms with van der Waals surface area (Å²) < 4.78 is 2.19. The lowest BCUT2D eigenvalue weighted by Crippen LogP contribution is -2.12. The molecule has 0 spiro atoms. The van der Waals surface area contributed by atoms with Crippen LogP contribution in [0.15, 0.2) is 47.1 Å². The average Bonchev–Trinajstić information content (AvgIpc) is 3.15. The molecule has 0 bridgehead atoms. The van der Waals surface area contributed by atoms with E-state index in [1.54, 1.807) is 11.8 Å². The van der Waals surface area contributed by atoms with Crippen LogP contribution < -0.4 is 5.84 Å². The van der Waals surface area contributed by atoms with Crippen LogP contribution in [0.5, 0.6) is 0 Å². The number of aromatic nitrogens is 2.